The maximum atomic E-state index is 12.5. The van der Waals surface area contributed by atoms with Crippen LogP contribution in [0.3, 0.4) is 0 Å². The first-order valence-electron chi connectivity index (χ1n) is 7.03. The van der Waals surface area contributed by atoms with E-state index in [1.807, 2.05) is 18.2 Å². The van der Waals surface area contributed by atoms with Gasteiger partial charge in [0.15, 0.2) is 0 Å². The van der Waals surface area contributed by atoms with Crippen molar-refractivity contribution in [2.45, 2.75) is 13.2 Å². The molecule has 0 atom stereocenters. The summed E-state index contributed by atoms with van der Waals surface area (Å²) in [5, 5.41) is 1.37. The minimum atomic E-state index is -2.99. The third-order valence-electron chi connectivity index (χ3n) is 3.32. The van der Waals surface area contributed by atoms with Crippen molar-refractivity contribution in [2.24, 2.45) is 0 Å². The molecule has 0 spiro atoms. The van der Waals surface area contributed by atoms with E-state index in [1.165, 1.54) is 29.5 Å². The highest BCUT2D eigenvalue weighted by molar-refractivity contribution is 7.21. The number of halogens is 4. The van der Waals surface area contributed by atoms with Crippen LogP contribution in [0.1, 0.15) is 15.2 Å². The van der Waals surface area contributed by atoms with Crippen LogP contribution in [0.5, 0.6) is 5.75 Å². The van der Waals surface area contributed by atoms with Crippen molar-refractivity contribution in [1.29, 1.82) is 0 Å². The lowest BCUT2D eigenvalue weighted by Gasteiger charge is -2.11. The van der Waals surface area contributed by atoms with Gasteiger partial charge >= 0.3 is 12.6 Å². The summed E-state index contributed by atoms with van der Waals surface area (Å²) >= 11 is 13.3. The first-order valence-corrected chi connectivity index (χ1v) is 8.60. The molecule has 3 rings (SSSR count). The first kappa shape index (κ1) is 17.9. The number of hydrogen-bond acceptors (Lipinski definition) is 4. The zero-order valence-electron chi connectivity index (χ0n) is 12.5. The standard InChI is InChI=1S/C17H10Cl2F2O3S/c18-10-5-6-12(24-17(20)21)9(7-10)8-23-16(22)15-14(19)11-3-1-2-4-13(11)25-15/h1-7,17H,8H2. The van der Waals surface area contributed by atoms with Crippen LogP contribution in [0.25, 0.3) is 10.1 Å². The van der Waals surface area contributed by atoms with Gasteiger partial charge in [0.05, 0.1) is 5.02 Å². The Morgan fingerprint density at radius 1 is 1.16 bits per heavy atom. The smallest absolute Gasteiger partial charge is 0.387 e. The Morgan fingerprint density at radius 2 is 1.92 bits per heavy atom. The van der Waals surface area contributed by atoms with Crippen LogP contribution in [-0.4, -0.2) is 12.6 Å². The summed E-state index contributed by atoms with van der Waals surface area (Å²) < 4.78 is 35.4. The van der Waals surface area contributed by atoms with E-state index in [2.05, 4.69) is 4.74 Å². The number of benzene rings is 2. The van der Waals surface area contributed by atoms with Crippen molar-refractivity contribution in [2.75, 3.05) is 0 Å². The van der Waals surface area contributed by atoms with Gasteiger partial charge in [0.1, 0.15) is 17.2 Å². The molecule has 2 aromatic carbocycles. The molecule has 0 aliphatic heterocycles. The van der Waals surface area contributed by atoms with Gasteiger partial charge in [-0.25, -0.2) is 4.79 Å². The molecule has 0 unspecified atom stereocenters. The third kappa shape index (κ3) is 4.03. The van der Waals surface area contributed by atoms with Crippen molar-refractivity contribution in [3.05, 3.63) is 63.0 Å². The molecule has 0 saturated heterocycles. The number of thiophene rings is 1. The Hall–Kier alpha value is -1.89. The minimum absolute atomic E-state index is 0.102. The summed E-state index contributed by atoms with van der Waals surface area (Å²) in [4.78, 5) is 12.6. The van der Waals surface area contributed by atoms with Gasteiger partial charge < -0.3 is 9.47 Å². The number of ether oxygens (including phenoxy) is 2. The number of carbonyl (C=O) groups excluding carboxylic acids is 1. The maximum Gasteiger partial charge on any atom is 0.387 e. The summed E-state index contributed by atoms with van der Waals surface area (Å²) in [6, 6.07) is 11.4. The second-order valence-electron chi connectivity index (χ2n) is 4.95. The Morgan fingerprint density at radius 3 is 2.64 bits per heavy atom. The van der Waals surface area contributed by atoms with Crippen LogP contribution < -0.4 is 4.74 Å². The molecule has 3 nitrogen and oxygen atoms in total. The van der Waals surface area contributed by atoms with Crippen LogP contribution in [0, 0.1) is 0 Å². The van der Waals surface area contributed by atoms with Gasteiger partial charge in [-0.3, -0.25) is 0 Å². The summed E-state index contributed by atoms with van der Waals surface area (Å²) in [5.41, 5.74) is 0.235. The average Bonchev–Trinajstić information content (AvgIpc) is 2.92. The largest absolute Gasteiger partial charge is 0.456 e. The van der Waals surface area contributed by atoms with Gasteiger partial charge in [0, 0.05) is 20.7 Å². The van der Waals surface area contributed by atoms with E-state index in [4.69, 9.17) is 27.9 Å². The van der Waals surface area contributed by atoms with Crippen LogP contribution in [0.2, 0.25) is 10.0 Å². The van der Waals surface area contributed by atoms with Gasteiger partial charge in [-0.1, -0.05) is 41.4 Å². The number of esters is 1. The molecule has 0 amide bonds. The van der Waals surface area contributed by atoms with Crippen LogP contribution in [0.15, 0.2) is 42.5 Å². The number of hydrogen-bond donors (Lipinski definition) is 0. The monoisotopic (exact) mass is 402 g/mol. The molecular formula is C17H10Cl2F2O3S. The molecule has 0 N–H and O–H groups in total. The first-order chi connectivity index (χ1) is 12.0. The fourth-order valence-corrected chi connectivity index (χ4v) is 3.82. The Labute approximate surface area is 155 Å². The molecule has 8 heteroatoms. The Balaban J connectivity index is 1.80. The molecule has 3 aromatic rings. The lowest BCUT2D eigenvalue weighted by Crippen LogP contribution is -2.08. The Bertz CT molecular complexity index is 927. The van der Waals surface area contributed by atoms with Gasteiger partial charge in [-0.2, -0.15) is 8.78 Å². The normalized spacial score (nSPS) is 11.1. The fraction of sp³-hybridized carbons (Fsp3) is 0.118. The van der Waals surface area contributed by atoms with Crippen LogP contribution in [-0.2, 0) is 11.3 Å². The molecule has 0 saturated carbocycles. The molecule has 0 radical (unpaired) electrons. The highest BCUT2D eigenvalue weighted by Gasteiger charge is 2.19. The molecule has 0 aliphatic rings. The lowest BCUT2D eigenvalue weighted by molar-refractivity contribution is -0.0510. The van der Waals surface area contributed by atoms with Gasteiger partial charge in [0.25, 0.3) is 0 Å². The molecule has 25 heavy (non-hydrogen) atoms. The maximum absolute atomic E-state index is 12.5. The van der Waals surface area contributed by atoms with Crippen molar-refractivity contribution in [3.63, 3.8) is 0 Å². The predicted molar refractivity (Wildman–Crippen MR) is 94.0 cm³/mol. The van der Waals surface area contributed by atoms with Crippen molar-refractivity contribution in [1.82, 2.24) is 0 Å². The van der Waals surface area contributed by atoms with E-state index in [0.29, 0.717) is 10.0 Å². The highest BCUT2D eigenvalue weighted by atomic mass is 35.5. The van der Waals surface area contributed by atoms with Crippen molar-refractivity contribution < 1.29 is 23.0 Å². The Kier molecular flexibility index (Phi) is 5.42. The van der Waals surface area contributed by atoms with E-state index in [0.717, 1.165) is 10.1 Å². The molecule has 0 aliphatic carbocycles. The van der Waals surface area contributed by atoms with E-state index >= 15 is 0 Å². The fourth-order valence-electron chi connectivity index (χ4n) is 2.23. The number of alkyl halides is 2. The molecular weight excluding hydrogens is 393 g/mol. The highest BCUT2D eigenvalue weighted by Crippen LogP contribution is 2.36. The molecule has 0 fully saturated rings. The second kappa shape index (κ2) is 7.56. The molecule has 130 valence electrons. The van der Waals surface area contributed by atoms with E-state index in [9.17, 15) is 13.6 Å². The number of carbonyl (C=O) groups is 1. The summed E-state index contributed by atoms with van der Waals surface area (Å²) in [6.07, 6.45) is 0. The average molecular weight is 403 g/mol. The second-order valence-corrected chi connectivity index (χ2v) is 6.81. The van der Waals surface area contributed by atoms with Crippen LogP contribution >= 0.6 is 34.5 Å². The van der Waals surface area contributed by atoms with E-state index < -0.39 is 12.6 Å². The SMILES string of the molecule is O=C(OCc1cc(Cl)ccc1OC(F)F)c1sc2ccccc2c1Cl. The van der Waals surface area contributed by atoms with Gasteiger partial charge in [-0.15, -0.1) is 11.3 Å². The number of fused-ring (bicyclic) bond motifs is 1. The minimum Gasteiger partial charge on any atom is -0.456 e. The van der Waals surface area contributed by atoms with E-state index in [1.54, 1.807) is 6.07 Å². The zero-order chi connectivity index (χ0) is 18.0. The summed E-state index contributed by atoms with van der Waals surface area (Å²) in [7, 11) is 0. The summed E-state index contributed by atoms with van der Waals surface area (Å²) in [5.74, 6) is -0.746. The van der Waals surface area contributed by atoms with Crippen LogP contribution in [0.4, 0.5) is 8.78 Å². The topological polar surface area (TPSA) is 35.5 Å². The third-order valence-corrected chi connectivity index (χ3v) is 5.21. The van der Waals surface area contributed by atoms with Crippen molar-refractivity contribution >= 4 is 50.6 Å². The number of rotatable bonds is 5. The van der Waals surface area contributed by atoms with Gasteiger partial charge in [0.2, 0.25) is 0 Å². The molecule has 1 aromatic heterocycles. The lowest BCUT2D eigenvalue weighted by atomic mass is 10.2. The van der Waals surface area contributed by atoms with E-state index in [-0.39, 0.29) is 22.8 Å². The van der Waals surface area contributed by atoms with Crippen molar-refractivity contribution in [3.8, 4) is 5.75 Å². The summed E-state index contributed by atoms with van der Waals surface area (Å²) in [6.45, 7) is -3.26. The predicted octanol–water partition coefficient (Wildman–Crippen LogP) is 6.17. The molecule has 0 bridgehead atoms. The zero-order valence-corrected chi connectivity index (χ0v) is 14.8. The molecule has 1 heterocycles. The quantitative estimate of drug-likeness (QED) is 0.478. The van der Waals surface area contributed by atoms with Gasteiger partial charge in [-0.05, 0) is 24.3 Å².